The Balaban J connectivity index is 2.23. The topological polar surface area (TPSA) is 105 Å². The van der Waals surface area contributed by atoms with E-state index in [1.807, 2.05) is 13.0 Å². The lowest BCUT2D eigenvalue weighted by Crippen LogP contribution is -2.53. The number of rotatable bonds is 7. The fourth-order valence-corrected chi connectivity index (χ4v) is 2.94. The van der Waals surface area contributed by atoms with E-state index >= 15 is 0 Å². The van der Waals surface area contributed by atoms with E-state index in [9.17, 15) is 19.5 Å². The van der Waals surface area contributed by atoms with E-state index in [0.717, 1.165) is 0 Å². The van der Waals surface area contributed by atoms with Gasteiger partial charge >= 0.3 is 5.97 Å². The van der Waals surface area contributed by atoms with Gasteiger partial charge in [0.25, 0.3) is 0 Å². The van der Waals surface area contributed by atoms with Gasteiger partial charge in [0.1, 0.15) is 5.75 Å². The maximum Gasteiger partial charge on any atom is 0.328 e. The molecule has 8 heteroatoms. The first-order valence-electron chi connectivity index (χ1n) is 8.52. The molecule has 0 aromatic heterocycles. The van der Waals surface area contributed by atoms with E-state index in [1.54, 1.807) is 18.2 Å². The van der Waals surface area contributed by atoms with Gasteiger partial charge in [-0.2, -0.15) is 0 Å². The maximum absolute atomic E-state index is 12.8. The van der Waals surface area contributed by atoms with Crippen molar-refractivity contribution in [1.82, 2.24) is 10.2 Å². The number of hydrogen-bond acceptors (Lipinski definition) is 5. The van der Waals surface area contributed by atoms with Crippen molar-refractivity contribution in [1.29, 1.82) is 0 Å². The SMILES string of the molecule is CCOc1ccccc1[C@@H](CC(=O)N1CCOC[C@H]1C(=O)O)NC(C)=O. The first-order chi connectivity index (χ1) is 12.4. The highest BCUT2D eigenvalue weighted by Gasteiger charge is 2.34. The average Bonchev–Trinajstić information content (AvgIpc) is 2.61. The summed E-state index contributed by atoms with van der Waals surface area (Å²) in [7, 11) is 0. The van der Waals surface area contributed by atoms with Crippen LogP contribution < -0.4 is 10.1 Å². The van der Waals surface area contributed by atoms with Crippen LogP contribution in [0.2, 0.25) is 0 Å². The summed E-state index contributed by atoms with van der Waals surface area (Å²) in [6.45, 7) is 4.12. The highest BCUT2D eigenvalue weighted by Crippen LogP contribution is 2.28. The average molecular weight is 364 g/mol. The van der Waals surface area contributed by atoms with Gasteiger partial charge in [-0.25, -0.2) is 4.79 Å². The third kappa shape index (κ3) is 4.95. The molecule has 0 saturated carbocycles. The van der Waals surface area contributed by atoms with E-state index < -0.39 is 18.1 Å². The largest absolute Gasteiger partial charge is 0.494 e. The zero-order valence-corrected chi connectivity index (χ0v) is 14.9. The summed E-state index contributed by atoms with van der Waals surface area (Å²) in [5, 5.41) is 12.1. The van der Waals surface area contributed by atoms with E-state index in [1.165, 1.54) is 11.8 Å². The molecule has 1 aliphatic rings. The molecule has 2 atom stereocenters. The lowest BCUT2D eigenvalue weighted by atomic mass is 10.0. The van der Waals surface area contributed by atoms with Crippen LogP contribution in [0.25, 0.3) is 0 Å². The minimum atomic E-state index is -1.11. The van der Waals surface area contributed by atoms with Gasteiger partial charge in [0.2, 0.25) is 11.8 Å². The van der Waals surface area contributed by atoms with Crippen molar-refractivity contribution in [2.24, 2.45) is 0 Å². The molecule has 8 nitrogen and oxygen atoms in total. The zero-order valence-electron chi connectivity index (χ0n) is 14.9. The number of morpholine rings is 1. The minimum absolute atomic E-state index is 0.0403. The predicted octanol–water partition coefficient (Wildman–Crippen LogP) is 0.965. The van der Waals surface area contributed by atoms with Crippen molar-refractivity contribution < 1.29 is 29.0 Å². The highest BCUT2D eigenvalue weighted by molar-refractivity contribution is 5.85. The number of nitrogens with zero attached hydrogens (tertiary/aromatic N) is 1. The Labute approximate surface area is 152 Å². The first-order valence-corrected chi connectivity index (χ1v) is 8.52. The number of carbonyl (C=O) groups excluding carboxylic acids is 2. The van der Waals surface area contributed by atoms with Crippen molar-refractivity contribution in [2.45, 2.75) is 32.4 Å². The number of hydrogen-bond donors (Lipinski definition) is 2. The zero-order chi connectivity index (χ0) is 19.1. The number of carbonyl (C=O) groups is 3. The Kier molecular flexibility index (Phi) is 6.97. The third-order valence-electron chi connectivity index (χ3n) is 4.08. The monoisotopic (exact) mass is 364 g/mol. The molecule has 1 aromatic carbocycles. The molecule has 0 spiro atoms. The Morgan fingerprint density at radius 2 is 2.12 bits per heavy atom. The van der Waals surface area contributed by atoms with Crippen LogP contribution in [0.5, 0.6) is 5.75 Å². The van der Waals surface area contributed by atoms with Gasteiger partial charge < -0.3 is 24.8 Å². The van der Waals surface area contributed by atoms with E-state index in [-0.39, 0.29) is 38.0 Å². The highest BCUT2D eigenvalue weighted by atomic mass is 16.5. The van der Waals surface area contributed by atoms with Crippen molar-refractivity contribution in [3.8, 4) is 5.75 Å². The number of nitrogens with one attached hydrogen (secondary N) is 1. The molecule has 2 rings (SSSR count). The first kappa shape index (κ1) is 19.7. The summed E-state index contributed by atoms with van der Waals surface area (Å²) < 4.78 is 10.8. The van der Waals surface area contributed by atoms with Crippen molar-refractivity contribution >= 4 is 17.8 Å². The smallest absolute Gasteiger partial charge is 0.328 e. The van der Waals surface area contributed by atoms with Gasteiger partial charge in [0.05, 0.1) is 32.3 Å². The Hall–Kier alpha value is -2.61. The van der Waals surface area contributed by atoms with E-state index in [4.69, 9.17) is 9.47 Å². The Bertz CT molecular complexity index is 663. The maximum atomic E-state index is 12.8. The van der Waals surface area contributed by atoms with Crippen LogP contribution in [-0.2, 0) is 19.1 Å². The van der Waals surface area contributed by atoms with Crippen LogP contribution in [-0.4, -0.2) is 60.2 Å². The fraction of sp³-hybridized carbons (Fsp3) is 0.500. The molecule has 0 bridgehead atoms. The van der Waals surface area contributed by atoms with Gasteiger partial charge in [-0.1, -0.05) is 18.2 Å². The van der Waals surface area contributed by atoms with Crippen LogP contribution in [0.3, 0.4) is 0 Å². The van der Waals surface area contributed by atoms with Crippen molar-refractivity contribution in [3.05, 3.63) is 29.8 Å². The van der Waals surface area contributed by atoms with Gasteiger partial charge in [0, 0.05) is 19.0 Å². The fourth-order valence-electron chi connectivity index (χ4n) is 2.94. The van der Waals surface area contributed by atoms with Crippen LogP contribution in [0.4, 0.5) is 0 Å². The molecule has 2 amide bonds. The number of ether oxygens (including phenoxy) is 2. The molecular formula is C18H24N2O6. The van der Waals surface area contributed by atoms with Gasteiger partial charge in [-0.05, 0) is 13.0 Å². The van der Waals surface area contributed by atoms with Gasteiger partial charge in [-0.3, -0.25) is 9.59 Å². The summed E-state index contributed by atoms with van der Waals surface area (Å²) in [6.07, 6.45) is -0.0621. The van der Waals surface area contributed by atoms with E-state index in [2.05, 4.69) is 5.32 Å². The van der Waals surface area contributed by atoms with Crippen LogP contribution in [0.15, 0.2) is 24.3 Å². The molecular weight excluding hydrogens is 340 g/mol. The van der Waals surface area contributed by atoms with Crippen molar-refractivity contribution in [2.75, 3.05) is 26.4 Å². The summed E-state index contributed by atoms with van der Waals surface area (Å²) in [6, 6.07) is 5.53. The molecule has 1 saturated heterocycles. The van der Waals surface area contributed by atoms with Crippen LogP contribution >= 0.6 is 0 Å². The molecule has 1 heterocycles. The predicted molar refractivity (Wildman–Crippen MR) is 92.7 cm³/mol. The molecule has 1 aromatic rings. The molecule has 1 aliphatic heterocycles. The number of carboxylic acid groups (broad SMARTS) is 1. The quantitative estimate of drug-likeness (QED) is 0.747. The standard InChI is InChI=1S/C18H24N2O6/c1-3-26-16-7-5-4-6-13(16)14(19-12(2)21)10-17(22)20-8-9-25-11-15(20)18(23)24/h4-7,14-15H,3,8-11H2,1-2H3,(H,19,21)(H,23,24)/t14-,15+/m1/s1. The lowest BCUT2D eigenvalue weighted by molar-refractivity contribution is -0.158. The van der Waals surface area contributed by atoms with Gasteiger partial charge in [0.15, 0.2) is 6.04 Å². The second kappa shape index (κ2) is 9.19. The van der Waals surface area contributed by atoms with Crippen LogP contribution in [0, 0.1) is 0 Å². The Morgan fingerprint density at radius 3 is 2.77 bits per heavy atom. The number of para-hydroxylation sites is 1. The van der Waals surface area contributed by atoms with Gasteiger partial charge in [-0.15, -0.1) is 0 Å². The third-order valence-corrected chi connectivity index (χ3v) is 4.08. The molecule has 0 unspecified atom stereocenters. The summed E-state index contributed by atoms with van der Waals surface area (Å²) >= 11 is 0. The second-order valence-corrected chi connectivity index (χ2v) is 5.94. The van der Waals surface area contributed by atoms with Crippen molar-refractivity contribution in [3.63, 3.8) is 0 Å². The van der Waals surface area contributed by atoms with E-state index in [0.29, 0.717) is 17.9 Å². The molecule has 0 radical (unpaired) electrons. The Morgan fingerprint density at radius 1 is 1.38 bits per heavy atom. The number of benzene rings is 1. The summed E-state index contributed by atoms with van der Waals surface area (Å²) in [4.78, 5) is 37.1. The molecule has 26 heavy (non-hydrogen) atoms. The molecule has 1 fully saturated rings. The normalized spacial score (nSPS) is 18.1. The molecule has 142 valence electrons. The summed E-state index contributed by atoms with van der Waals surface area (Å²) in [5.74, 6) is -1.17. The summed E-state index contributed by atoms with van der Waals surface area (Å²) in [5.41, 5.74) is 0.679. The number of amides is 2. The number of carboxylic acids is 1. The van der Waals surface area contributed by atoms with Crippen LogP contribution in [0.1, 0.15) is 31.9 Å². The molecule has 2 N–H and O–H groups in total. The lowest BCUT2D eigenvalue weighted by Gasteiger charge is -2.34. The number of aliphatic carboxylic acids is 1. The minimum Gasteiger partial charge on any atom is -0.494 e. The second-order valence-electron chi connectivity index (χ2n) is 5.94. The molecule has 0 aliphatic carbocycles.